The highest BCUT2D eigenvalue weighted by molar-refractivity contribution is 5.33. The van der Waals surface area contributed by atoms with Crippen molar-refractivity contribution in [3.8, 4) is 0 Å². The molecule has 2 atom stereocenters. The number of rotatable bonds is 4. The molecule has 82 valence electrons. The molecule has 1 N–H and O–H groups in total. The summed E-state index contributed by atoms with van der Waals surface area (Å²) in [6, 6.07) is 9.41. The van der Waals surface area contributed by atoms with Crippen molar-refractivity contribution in [1.82, 2.24) is 5.32 Å². The molecule has 15 heavy (non-hydrogen) atoms. The van der Waals surface area contributed by atoms with E-state index in [1.807, 2.05) is 0 Å². The molecule has 1 nitrogen and oxygen atoms in total. The zero-order valence-electron chi connectivity index (χ0n) is 9.96. The third-order valence-corrected chi connectivity index (χ3v) is 3.30. The van der Waals surface area contributed by atoms with Gasteiger partial charge in [-0.05, 0) is 42.9 Å². The topological polar surface area (TPSA) is 12.0 Å². The summed E-state index contributed by atoms with van der Waals surface area (Å²) < 4.78 is 0. The van der Waals surface area contributed by atoms with Crippen LogP contribution >= 0.6 is 0 Å². The molecule has 1 aromatic carbocycles. The molecule has 1 aliphatic carbocycles. The van der Waals surface area contributed by atoms with Crippen molar-refractivity contribution in [1.29, 1.82) is 0 Å². The molecule has 1 fully saturated rings. The second-order valence-electron chi connectivity index (χ2n) is 5.02. The molecule has 2 rings (SSSR count). The summed E-state index contributed by atoms with van der Waals surface area (Å²) in [4.78, 5) is 0. The first kappa shape index (κ1) is 10.7. The zero-order valence-corrected chi connectivity index (χ0v) is 9.96. The van der Waals surface area contributed by atoms with Crippen LogP contribution in [0, 0.1) is 12.8 Å². The summed E-state index contributed by atoms with van der Waals surface area (Å²) in [5.41, 5.74) is 3.02. The Morgan fingerprint density at radius 3 is 2.73 bits per heavy atom. The smallest absolute Gasteiger partial charge is 0.00104 e. The molecule has 1 heteroatoms. The maximum atomic E-state index is 3.53. The molecule has 1 aliphatic rings. The Labute approximate surface area is 92.9 Å². The molecular weight excluding hydrogens is 182 g/mol. The van der Waals surface area contributed by atoms with Crippen molar-refractivity contribution >= 4 is 0 Å². The number of benzene rings is 1. The summed E-state index contributed by atoms with van der Waals surface area (Å²) in [6.07, 6.45) is 1.37. The van der Waals surface area contributed by atoms with Crippen molar-refractivity contribution in [2.45, 2.75) is 39.2 Å². The summed E-state index contributed by atoms with van der Waals surface area (Å²) in [5.74, 6) is 1.69. The summed E-state index contributed by atoms with van der Waals surface area (Å²) in [5, 5.41) is 3.53. The van der Waals surface area contributed by atoms with E-state index in [0.717, 1.165) is 11.8 Å². The number of hydrogen-bond donors (Lipinski definition) is 1. The van der Waals surface area contributed by atoms with E-state index in [1.165, 1.54) is 18.5 Å². The Kier molecular flexibility index (Phi) is 3.11. The van der Waals surface area contributed by atoms with Crippen LogP contribution < -0.4 is 5.32 Å². The lowest BCUT2D eigenvalue weighted by Crippen LogP contribution is -2.25. The van der Waals surface area contributed by atoms with Gasteiger partial charge in [0.1, 0.15) is 0 Å². The van der Waals surface area contributed by atoms with Gasteiger partial charge >= 0.3 is 0 Å². The van der Waals surface area contributed by atoms with Gasteiger partial charge in [-0.1, -0.05) is 38.1 Å². The average Bonchev–Trinajstić information content (AvgIpc) is 2.95. The highest BCUT2D eigenvalue weighted by Gasteiger charge is 2.38. The largest absolute Gasteiger partial charge is 0.314 e. The normalized spacial score (nSPS) is 24.5. The van der Waals surface area contributed by atoms with Crippen molar-refractivity contribution in [3.05, 3.63) is 35.4 Å². The average molecular weight is 203 g/mol. The minimum absolute atomic E-state index is 0.614. The summed E-state index contributed by atoms with van der Waals surface area (Å²) in [7, 11) is 0. The first-order valence-corrected chi connectivity index (χ1v) is 5.97. The van der Waals surface area contributed by atoms with Gasteiger partial charge in [-0.15, -0.1) is 0 Å². The second-order valence-corrected chi connectivity index (χ2v) is 5.02. The minimum atomic E-state index is 0.614. The third kappa shape index (κ3) is 2.60. The Morgan fingerprint density at radius 2 is 2.07 bits per heavy atom. The van der Waals surface area contributed by atoms with E-state index >= 15 is 0 Å². The molecule has 0 amide bonds. The van der Waals surface area contributed by atoms with E-state index in [1.54, 1.807) is 5.56 Å². The fourth-order valence-corrected chi connectivity index (χ4v) is 2.24. The Hall–Kier alpha value is -0.820. The van der Waals surface area contributed by atoms with E-state index in [2.05, 4.69) is 50.4 Å². The summed E-state index contributed by atoms with van der Waals surface area (Å²) in [6.45, 7) is 7.83. The number of aryl methyl sites for hydroxylation is 1. The van der Waals surface area contributed by atoms with Crippen LogP contribution in [-0.4, -0.2) is 12.6 Å². The fourth-order valence-electron chi connectivity index (χ4n) is 2.24. The molecule has 0 aromatic heterocycles. The van der Waals surface area contributed by atoms with Crippen molar-refractivity contribution in [2.75, 3.05) is 6.54 Å². The molecule has 1 aromatic rings. The van der Waals surface area contributed by atoms with Crippen molar-refractivity contribution < 1.29 is 0 Å². The predicted octanol–water partition coefficient (Wildman–Crippen LogP) is 3.10. The predicted molar refractivity (Wildman–Crippen MR) is 65.2 cm³/mol. The van der Waals surface area contributed by atoms with Gasteiger partial charge in [0.15, 0.2) is 0 Å². The maximum Gasteiger partial charge on any atom is 0.00104 e. The molecule has 0 spiro atoms. The van der Waals surface area contributed by atoms with Gasteiger partial charge in [0.25, 0.3) is 0 Å². The molecule has 0 bridgehead atoms. The lowest BCUT2D eigenvalue weighted by atomic mass is 10.0. The Balaban J connectivity index is 1.91. The SMILES string of the molecule is Cc1ccccc1C1CC1CNC(C)C. The highest BCUT2D eigenvalue weighted by Crippen LogP contribution is 2.47. The highest BCUT2D eigenvalue weighted by atomic mass is 14.9. The van der Waals surface area contributed by atoms with E-state index < -0.39 is 0 Å². The van der Waals surface area contributed by atoms with Gasteiger partial charge in [0.2, 0.25) is 0 Å². The van der Waals surface area contributed by atoms with Crippen LogP contribution in [0.3, 0.4) is 0 Å². The van der Waals surface area contributed by atoms with Gasteiger partial charge in [0.05, 0.1) is 0 Å². The van der Waals surface area contributed by atoms with Gasteiger partial charge < -0.3 is 5.32 Å². The number of nitrogens with one attached hydrogen (secondary N) is 1. The van der Waals surface area contributed by atoms with Gasteiger partial charge in [-0.3, -0.25) is 0 Å². The summed E-state index contributed by atoms with van der Waals surface area (Å²) >= 11 is 0. The van der Waals surface area contributed by atoms with E-state index in [0.29, 0.717) is 6.04 Å². The van der Waals surface area contributed by atoms with Gasteiger partial charge in [0, 0.05) is 6.04 Å². The second kappa shape index (κ2) is 4.36. The lowest BCUT2D eigenvalue weighted by Gasteiger charge is -2.08. The van der Waals surface area contributed by atoms with Crippen LogP contribution in [-0.2, 0) is 0 Å². The molecule has 0 heterocycles. The van der Waals surface area contributed by atoms with E-state index in [9.17, 15) is 0 Å². The zero-order chi connectivity index (χ0) is 10.8. The molecule has 0 saturated heterocycles. The van der Waals surface area contributed by atoms with E-state index in [-0.39, 0.29) is 0 Å². The minimum Gasteiger partial charge on any atom is -0.314 e. The first-order chi connectivity index (χ1) is 7.18. The van der Waals surface area contributed by atoms with Gasteiger partial charge in [-0.25, -0.2) is 0 Å². The monoisotopic (exact) mass is 203 g/mol. The van der Waals surface area contributed by atoms with Crippen LogP contribution in [0.25, 0.3) is 0 Å². The molecule has 0 aliphatic heterocycles. The van der Waals surface area contributed by atoms with Crippen molar-refractivity contribution in [3.63, 3.8) is 0 Å². The number of hydrogen-bond acceptors (Lipinski definition) is 1. The Bertz CT molecular complexity index is 330. The van der Waals surface area contributed by atoms with Crippen LogP contribution in [0.5, 0.6) is 0 Å². The maximum absolute atomic E-state index is 3.53. The molecule has 1 saturated carbocycles. The van der Waals surface area contributed by atoms with Crippen molar-refractivity contribution in [2.24, 2.45) is 5.92 Å². The van der Waals surface area contributed by atoms with E-state index in [4.69, 9.17) is 0 Å². The standard InChI is InChI=1S/C14H21N/c1-10(2)15-9-12-8-14(12)13-7-5-4-6-11(13)3/h4-7,10,12,14-15H,8-9H2,1-3H3. The van der Waals surface area contributed by atoms with Crippen LogP contribution in [0.15, 0.2) is 24.3 Å². The molecule has 2 unspecified atom stereocenters. The Morgan fingerprint density at radius 1 is 1.33 bits per heavy atom. The quantitative estimate of drug-likeness (QED) is 0.793. The van der Waals surface area contributed by atoms with Crippen LogP contribution in [0.1, 0.15) is 37.3 Å². The third-order valence-electron chi connectivity index (χ3n) is 3.30. The molecular formula is C14H21N. The first-order valence-electron chi connectivity index (χ1n) is 5.97. The fraction of sp³-hybridized carbons (Fsp3) is 0.571. The van der Waals surface area contributed by atoms with Gasteiger partial charge in [-0.2, -0.15) is 0 Å². The van der Waals surface area contributed by atoms with Crippen LogP contribution in [0.2, 0.25) is 0 Å². The lowest BCUT2D eigenvalue weighted by molar-refractivity contribution is 0.554. The molecule has 0 radical (unpaired) electrons. The van der Waals surface area contributed by atoms with Crippen LogP contribution in [0.4, 0.5) is 0 Å².